The predicted octanol–water partition coefficient (Wildman–Crippen LogP) is 2.02. The van der Waals surface area contributed by atoms with Gasteiger partial charge in [-0.15, -0.1) is 0 Å². The third-order valence-electron chi connectivity index (χ3n) is 6.16. The van der Waals surface area contributed by atoms with E-state index in [4.69, 9.17) is 0 Å². The summed E-state index contributed by atoms with van der Waals surface area (Å²) in [4.78, 5) is 33.3. The number of hydrogen-bond donors (Lipinski definition) is 0. The van der Waals surface area contributed by atoms with E-state index in [9.17, 15) is 4.79 Å². The van der Waals surface area contributed by atoms with E-state index >= 15 is 0 Å². The average molecular weight is 383 g/mol. The van der Waals surface area contributed by atoms with Gasteiger partial charge in [-0.3, -0.25) is 4.79 Å². The molecule has 0 N–H and O–H groups in total. The Kier molecular flexibility index (Phi) is 5.44. The Bertz CT molecular complexity index is 861. The summed E-state index contributed by atoms with van der Waals surface area (Å²) in [5.74, 6) is 0.501. The smallest absolute Gasteiger partial charge is 0.225 e. The molecule has 7 nitrogen and oxygen atoms in total. The van der Waals surface area contributed by atoms with Crippen LogP contribution in [-0.2, 0) is 4.79 Å². The molecule has 0 spiro atoms. The number of piperidine rings is 1. The van der Waals surface area contributed by atoms with Gasteiger partial charge in [-0.25, -0.2) is 15.0 Å². The summed E-state index contributed by atoms with van der Waals surface area (Å²) in [7, 11) is 2.14. The molecule has 28 heavy (non-hydrogen) atoms. The first kappa shape index (κ1) is 19.1. The Labute approximate surface area is 166 Å². The number of nitrogens with zero attached hydrogens (tertiary/aromatic N) is 6. The number of hydrogen-bond acceptors (Lipinski definition) is 6. The lowest BCUT2D eigenvalue weighted by Gasteiger charge is -2.35. The number of pyridine rings is 1. The van der Waals surface area contributed by atoms with Crippen LogP contribution in [0.25, 0.3) is 11.2 Å². The fourth-order valence-corrected chi connectivity index (χ4v) is 4.19. The minimum absolute atomic E-state index is 0.151. The number of aromatic nitrogens is 3. The van der Waals surface area contributed by atoms with Gasteiger partial charge in [0.05, 0.1) is 23.3 Å². The van der Waals surface area contributed by atoms with E-state index in [0.717, 1.165) is 81.1 Å². The van der Waals surface area contributed by atoms with Crippen LogP contribution in [0.15, 0.2) is 12.3 Å². The largest absolute Gasteiger partial charge is 0.370 e. The number of rotatable bonds is 2. The Hall–Kier alpha value is -2.28. The highest BCUT2D eigenvalue weighted by Crippen LogP contribution is 2.26. The summed E-state index contributed by atoms with van der Waals surface area (Å²) >= 11 is 0. The van der Waals surface area contributed by atoms with Crippen molar-refractivity contribution in [2.24, 2.45) is 5.92 Å². The molecule has 1 amide bonds. The molecule has 2 aromatic heterocycles. The van der Waals surface area contributed by atoms with E-state index in [1.807, 2.05) is 20.0 Å². The molecule has 150 valence electrons. The molecule has 2 saturated heterocycles. The molecule has 4 rings (SSSR count). The molecule has 4 heterocycles. The zero-order valence-electron chi connectivity index (χ0n) is 17.2. The first-order valence-electron chi connectivity index (χ1n) is 10.3. The number of carbonyl (C=O) groups excluding carboxylic acids is 1. The van der Waals surface area contributed by atoms with Crippen LogP contribution >= 0.6 is 0 Å². The van der Waals surface area contributed by atoms with E-state index in [-0.39, 0.29) is 5.92 Å². The van der Waals surface area contributed by atoms with Crippen LogP contribution in [0, 0.1) is 19.8 Å². The zero-order chi connectivity index (χ0) is 19.7. The van der Waals surface area contributed by atoms with Gasteiger partial charge in [-0.05, 0) is 52.8 Å². The lowest BCUT2D eigenvalue weighted by Crippen LogP contribution is -2.43. The quantitative estimate of drug-likeness (QED) is 0.792. The molecule has 2 aliphatic heterocycles. The van der Waals surface area contributed by atoms with Gasteiger partial charge in [-0.1, -0.05) is 0 Å². The maximum Gasteiger partial charge on any atom is 0.225 e. The lowest BCUT2D eigenvalue weighted by atomic mass is 9.95. The van der Waals surface area contributed by atoms with Crippen LogP contribution in [-0.4, -0.2) is 77.0 Å². The standard InChI is InChI=1S/C21H30N6O/c1-15-16(2)24-20-19(23-15)13-18(14-22-20)26-9-5-17(6-10-26)21(28)27-8-4-7-25(3)11-12-27/h13-14,17H,4-12H2,1-3H3. The molecule has 0 atom stereocenters. The molecule has 0 radical (unpaired) electrons. The van der Waals surface area contributed by atoms with Gasteiger partial charge in [-0.2, -0.15) is 0 Å². The summed E-state index contributed by atoms with van der Waals surface area (Å²) in [5, 5.41) is 0. The van der Waals surface area contributed by atoms with Crippen molar-refractivity contribution in [3.63, 3.8) is 0 Å². The second-order valence-corrected chi connectivity index (χ2v) is 8.17. The number of aryl methyl sites for hydroxylation is 2. The third-order valence-corrected chi connectivity index (χ3v) is 6.16. The van der Waals surface area contributed by atoms with Crippen LogP contribution in [0.5, 0.6) is 0 Å². The Morgan fingerprint density at radius 2 is 1.75 bits per heavy atom. The Balaban J connectivity index is 1.40. The van der Waals surface area contributed by atoms with Gasteiger partial charge in [0.1, 0.15) is 5.52 Å². The van der Waals surface area contributed by atoms with Gasteiger partial charge < -0.3 is 14.7 Å². The van der Waals surface area contributed by atoms with E-state index in [0.29, 0.717) is 11.6 Å². The molecular weight excluding hydrogens is 352 g/mol. The maximum absolute atomic E-state index is 13.0. The van der Waals surface area contributed by atoms with Crippen LogP contribution in [0.3, 0.4) is 0 Å². The zero-order valence-corrected chi connectivity index (χ0v) is 17.2. The molecule has 0 aliphatic carbocycles. The van der Waals surface area contributed by atoms with Gasteiger partial charge in [0, 0.05) is 38.6 Å². The van der Waals surface area contributed by atoms with Crippen molar-refractivity contribution >= 4 is 22.8 Å². The normalized spacial score (nSPS) is 19.8. The molecule has 7 heteroatoms. The van der Waals surface area contributed by atoms with Gasteiger partial charge in [0.25, 0.3) is 0 Å². The van der Waals surface area contributed by atoms with Crippen molar-refractivity contribution in [1.82, 2.24) is 24.8 Å². The molecule has 2 aliphatic rings. The van der Waals surface area contributed by atoms with E-state index in [2.05, 4.69) is 42.8 Å². The highest BCUT2D eigenvalue weighted by molar-refractivity contribution is 5.79. The molecule has 0 unspecified atom stereocenters. The Morgan fingerprint density at radius 1 is 1.00 bits per heavy atom. The van der Waals surface area contributed by atoms with Gasteiger partial charge in [0.2, 0.25) is 5.91 Å². The van der Waals surface area contributed by atoms with Crippen molar-refractivity contribution in [2.45, 2.75) is 33.1 Å². The van der Waals surface area contributed by atoms with Crippen molar-refractivity contribution in [2.75, 3.05) is 51.2 Å². The molecular formula is C21H30N6O. The maximum atomic E-state index is 13.0. The molecule has 0 saturated carbocycles. The minimum Gasteiger partial charge on any atom is -0.370 e. The highest BCUT2D eigenvalue weighted by Gasteiger charge is 2.29. The number of carbonyl (C=O) groups is 1. The number of anilines is 1. The van der Waals surface area contributed by atoms with E-state index in [1.54, 1.807) is 0 Å². The summed E-state index contributed by atoms with van der Waals surface area (Å²) in [6.45, 7) is 9.53. The number of fused-ring (bicyclic) bond motifs is 1. The fourth-order valence-electron chi connectivity index (χ4n) is 4.19. The summed E-state index contributed by atoms with van der Waals surface area (Å²) < 4.78 is 0. The van der Waals surface area contributed by atoms with Crippen LogP contribution < -0.4 is 4.90 Å². The predicted molar refractivity (Wildman–Crippen MR) is 110 cm³/mol. The van der Waals surface area contributed by atoms with E-state index < -0.39 is 0 Å². The summed E-state index contributed by atoms with van der Waals surface area (Å²) in [6, 6.07) is 2.08. The SMILES string of the molecule is Cc1nc2cc(N3CCC(C(=O)N4CCCN(C)CC4)CC3)cnc2nc1C. The van der Waals surface area contributed by atoms with Crippen LogP contribution in [0.4, 0.5) is 5.69 Å². The summed E-state index contributed by atoms with van der Waals surface area (Å²) in [5.41, 5.74) is 4.48. The van der Waals surface area contributed by atoms with Gasteiger partial charge >= 0.3 is 0 Å². The summed E-state index contributed by atoms with van der Waals surface area (Å²) in [6.07, 6.45) is 4.77. The van der Waals surface area contributed by atoms with Crippen molar-refractivity contribution in [1.29, 1.82) is 0 Å². The Morgan fingerprint density at radius 3 is 2.54 bits per heavy atom. The minimum atomic E-state index is 0.151. The van der Waals surface area contributed by atoms with Crippen LogP contribution in [0.2, 0.25) is 0 Å². The molecule has 0 aromatic carbocycles. The number of likely N-dealkylation sites (N-methyl/N-ethyl adjacent to an activating group) is 1. The lowest BCUT2D eigenvalue weighted by molar-refractivity contribution is -0.136. The van der Waals surface area contributed by atoms with Gasteiger partial charge in [0.15, 0.2) is 5.65 Å². The van der Waals surface area contributed by atoms with Crippen molar-refractivity contribution in [3.05, 3.63) is 23.7 Å². The fraction of sp³-hybridized carbons (Fsp3) is 0.619. The monoisotopic (exact) mass is 382 g/mol. The average Bonchev–Trinajstić information content (AvgIpc) is 2.92. The first-order valence-corrected chi connectivity index (χ1v) is 10.3. The number of amides is 1. The second kappa shape index (κ2) is 7.99. The molecule has 2 aromatic rings. The van der Waals surface area contributed by atoms with Crippen molar-refractivity contribution < 1.29 is 4.79 Å². The van der Waals surface area contributed by atoms with Crippen LogP contribution in [0.1, 0.15) is 30.7 Å². The van der Waals surface area contributed by atoms with E-state index in [1.165, 1.54) is 0 Å². The van der Waals surface area contributed by atoms with Crippen molar-refractivity contribution in [3.8, 4) is 0 Å². The topological polar surface area (TPSA) is 65.5 Å². The highest BCUT2D eigenvalue weighted by atomic mass is 16.2. The first-order chi connectivity index (χ1) is 13.5. The molecule has 0 bridgehead atoms. The second-order valence-electron chi connectivity index (χ2n) is 8.17. The third kappa shape index (κ3) is 3.94. The molecule has 2 fully saturated rings.